The Morgan fingerprint density at radius 3 is 1.50 bits per heavy atom. The lowest BCUT2D eigenvalue weighted by molar-refractivity contribution is -0.742. The predicted octanol–water partition coefficient (Wildman–Crippen LogP) is -1.29. The molecule has 0 aliphatic heterocycles. The number of carbonyl (C=O) groups is 1. The molecule has 74 valence electrons. The SMILES string of the molecule is CC(=O)O.O=[N+]([O-])O.OCCO. The average molecular weight is 185 g/mol. The van der Waals surface area contributed by atoms with Gasteiger partial charge >= 0.3 is 0 Å². The molecule has 0 spiro atoms. The van der Waals surface area contributed by atoms with Crippen LogP contribution in [0.2, 0.25) is 0 Å². The van der Waals surface area contributed by atoms with E-state index in [4.69, 9.17) is 35.4 Å². The second-order valence-corrected chi connectivity index (χ2v) is 1.20. The summed E-state index contributed by atoms with van der Waals surface area (Å²) in [5.74, 6) is -0.833. The number of aliphatic carboxylic acids is 1. The van der Waals surface area contributed by atoms with Crippen LogP contribution in [0.3, 0.4) is 0 Å². The third-order valence-electron chi connectivity index (χ3n) is 0.1000. The van der Waals surface area contributed by atoms with Gasteiger partial charge in [0.15, 0.2) is 0 Å². The highest BCUT2D eigenvalue weighted by atomic mass is 16.9. The molecule has 0 heterocycles. The van der Waals surface area contributed by atoms with E-state index in [9.17, 15) is 0 Å². The zero-order valence-electron chi connectivity index (χ0n) is 6.38. The van der Waals surface area contributed by atoms with Crippen molar-refractivity contribution >= 4 is 5.97 Å². The van der Waals surface area contributed by atoms with Crippen molar-refractivity contribution in [1.82, 2.24) is 0 Å². The Bertz CT molecular complexity index is 92.0. The Kier molecular flexibility index (Phi) is 23.0. The van der Waals surface area contributed by atoms with Crippen LogP contribution in [0.5, 0.6) is 0 Å². The van der Waals surface area contributed by atoms with Gasteiger partial charge in [0.05, 0.1) is 13.2 Å². The average Bonchev–Trinajstić information content (AvgIpc) is 1.85. The molecule has 12 heavy (non-hydrogen) atoms. The summed E-state index contributed by atoms with van der Waals surface area (Å²) in [4.78, 5) is 17.4. The number of aliphatic hydroxyl groups excluding tert-OH is 2. The summed E-state index contributed by atoms with van der Waals surface area (Å²) in [6.07, 6.45) is 0. The third kappa shape index (κ3) is 2940. The van der Waals surface area contributed by atoms with Crippen molar-refractivity contribution in [2.45, 2.75) is 6.92 Å². The van der Waals surface area contributed by atoms with E-state index in [1.807, 2.05) is 0 Å². The van der Waals surface area contributed by atoms with Crippen LogP contribution in [0.15, 0.2) is 0 Å². The minimum Gasteiger partial charge on any atom is -0.481 e. The number of aliphatic hydroxyl groups is 2. The van der Waals surface area contributed by atoms with Crippen molar-refractivity contribution in [2.24, 2.45) is 0 Å². The largest absolute Gasteiger partial charge is 0.481 e. The quantitative estimate of drug-likeness (QED) is 0.294. The lowest BCUT2D eigenvalue weighted by atomic mass is 10.8. The summed E-state index contributed by atoms with van der Waals surface area (Å²) in [6.45, 7) is 0.833. The van der Waals surface area contributed by atoms with Crippen LogP contribution in [-0.2, 0) is 4.79 Å². The van der Waals surface area contributed by atoms with Gasteiger partial charge in [0.1, 0.15) is 0 Å². The number of hydrogen-bond donors (Lipinski definition) is 4. The van der Waals surface area contributed by atoms with Crippen LogP contribution in [-0.4, -0.2) is 44.8 Å². The maximum absolute atomic E-state index is 9.00. The Balaban J connectivity index is -0.000000101. The molecule has 0 aromatic heterocycles. The number of hydrogen-bond acceptors (Lipinski definition) is 5. The fourth-order valence-electron chi connectivity index (χ4n) is 0. The van der Waals surface area contributed by atoms with Crippen LogP contribution in [0, 0.1) is 10.1 Å². The maximum atomic E-state index is 9.00. The summed E-state index contributed by atoms with van der Waals surface area (Å²) >= 11 is 0. The zero-order valence-corrected chi connectivity index (χ0v) is 6.38. The van der Waals surface area contributed by atoms with E-state index < -0.39 is 11.1 Å². The highest BCUT2D eigenvalue weighted by Crippen LogP contribution is 1.42. The van der Waals surface area contributed by atoms with E-state index in [0.29, 0.717) is 0 Å². The first-order valence-corrected chi connectivity index (χ1v) is 2.63. The summed E-state index contributed by atoms with van der Waals surface area (Å²) < 4.78 is 0. The van der Waals surface area contributed by atoms with Gasteiger partial charge in [-0.2, -0.15) is 0 Å². The highest BCUT2D eigenvalue weighted by molar-refractivity contribution is 5.62. The van der Waals surface area contributed by atoms with Crippen LogP contribution in [0.4, 0.5) is 0 Å². The van der Waals surface area contributed by atoms with Crippen molar-refractivity contribution in [1.29, 1.82) is 0 Å². The molecule has 0 saturated heterocycles. The molecule has 0 amide bonds. The first-order valence-electron chi connectivity index (χ1n) is 2.63. The fraction of sp³-hybridized carbons (Fsp3) is 0.750. The lowest BCUT2D eigenvalue weighted by Gasteiger charge is -1.70. The van der Waals surface area contributed by atoms with Crippen LogP contribution >= 0.6 is 0 Å². The molecule has 0 atom stereocenters. The Morgan fingerprint density at radius 1 is 1.42 bits per heavy atom. The molecule has 0 saturated carbocycles. The topological polar surface area (TPSA) is 141 Å². The van der Waals surface area contributed by atoms with E-state index in [2.05, 4.69) is 0 Å². The van der Waals surface area contributed by atoms with Gasteiger partial charge in [0, 0.05) is 6.92 Å². The van der Waals surface area contributed by atoms with E-state index in [0.717, 1.165) is 6.92 Å². The van der Waals surface area contributed by atoms with Crippen molar-refractivity contribution in [3.63, 3.8) is 0 Å². The van der Waals surface area contributed by atoms with Gasteiger partial charge in [-0.15, -0.1) is 10.1 Å². The van der Waals surface area contributed by atoms with Crippen molar-refractivity contribution in [3.8, 4) is 0 Å². The summed E-state index contributed by atoms with van der Waals surface area (Å²) in [5, 5.41) is 36.3. The van der Waals surface area contributed by atoms with E-state index >= 15 is 0 Å². The van der Waals surface area contributed by atoms with Crippen molar-refractivity contribution < 1.29 is 30.4 Å². The van der Waals surface area contributed by atoms with Gasteiger partial charge < -0.3 is 20.5 Å². The smallest absolute Gasteiger partial charge is 0.300 e. The zero-order chi connectivity index (χ0) is 10.6. The molecule has 0 radical (unpaired) electrons. The molecule has 0 fully saturated rings. The molecular formula is C4H11NO7. The Morgan fingerprint density at radius 2 is 1.50 bits per heavy atom. The van der Waals surface area contributed by atoms with Crippen molar-refractivity contribution in [2.75, 3.05) is 13.2 Å². The Labute approximate surface area is 67.8 Å². The van der Waals surface area contributed by atoms with Crippen LogP contribution in [0.25, 0.3) is 0 Å². The normalized spacial score (nSPS) is 6.58. The molecule has 4 N–H and O–H groups in total. The van der Waals surface area contributed by atoms with E-state index in [1.165, 1.54) is 0 Å². The van der Waals surface area contributed by atoms with Crippen molar-refractivity contribution in [3.05, 3.63) is 10.1 Å². The van der Waals surface area contributed by atoms with Gasteiger partial charge in [-0.05, 0) is 0 Å². The lowest BCUT2D eigenvalue weighted by Crippen LogP contribution is -1.85. The molecule has 0 unspecified atom stereocenters. The highest BCUT2D eigenvalue weighted by Gasteiger charge is 1.65. The monoisotopic (exact) mass is 185 g/mol. The minimum atomic E-state index is -1.50. The molecule has 0 rings (SSSR count). The van der Waals surface area contributed by atoms with Crippen LogP contribution < -0.4 is 0 Å². The predicted molar refractivity (Wildman–Crippen MR) is 36.3 cm³/mol. The minimum absolute atomic E-state index is 0.125. The van der Waals surface area contributed by atoms with Gasteiger partial charge in [-0.25, -0.2) is 0 Å². The van der Waals surface area contributed by atoms with E-state index in [1.54, 1.807) is 0 Å². The van der Waals surface area contributed by atoms with Gasteiger partial charge in [-0.3, -0.25) is 4.79 Å². The third-order valence-corrected chi connectivity index (χ3v) is 0.1000. The fourth-order valence-corrected chi connectivity index (χ4v) is 0. The molecule has 8 heteroatoms. The summed E-state index contributed by atoms with van der Waals surface area (Å²) in [7, 11) is 0. The number of carboxylic acids is 1. The second-order valence-electron chi connectivity index (χ2n) is 1.20. The maximum Gasteiger partial charge on any atom is 0.300 e. The van der Waals surface area contributed by atoms with Gasteiger partial charge in [0.2, 0.25) is 0 Å². The van der Waals surface area contributed by atoms with Gasteiger partial charge in [0.25, 0.3) is 11.1 Å². The number of carboxylic acid groups (broad SMARTS) is 1. The first kappa shape index (κ1) is 16.9. The molecular weight excluding hydrogens is 174 g/mol. The van der Waals surface area contributed by atoms with Crippen LogP contribution in [0.1, 0.15) is 6.92 Å². The standard InChI is InChI=1S/C2H4O2.C2H6O2.HNO3/c1-2(3)4;3-1-2-4;2-1(3)4/h1H3,(H,3,4);3-4H,1-2H2;(H,2,3,4). The number of nitrogens with zero attached hydrogens (tertiary/aromatic N) is 1. The molecule has 8 nitrogen and oxygen atoms in total. The summed E-state index contributed by atoms with van der Waals surface area (Å²) in [5.41, 5.74) is 0. The number of rotatable bonds is 1. The second kappa shape index (κ2) is 16.3. The molecule has 0 bridgehead atoms. The van der Waals surface area contributed by atoms with Gasteiger partial charge in [-0.1, -0.05) is 0 Å². The molecule has 0 aromatic carbocycles. The summed E-state index contributed by atoms with van der Waals surface area (Å²) in [6, 6.07) is 0. The van der Waals surface area contributed by atoms with E-state index in [-0.39, 0.29) is 13.2 Å². The molecule has 0 aromatic rings. The Hall–Kier alpha value is -1.41. The molecule has 0 aliphatic rings. The molecule has 0 aliphatic carbocycles. The first-order chi connectivity index (χ1) is 5.38.